The van der Waals surface area contributed by atoms with Gasteiger partial charge in [-0.2, -0.15) is 0 Å². The van der Waals surface area contributed by atoms with Crippen molar-refractivity contribution in [1.82, 2.24) is 4.90 Å². The van der Waals surface area contributed by atoms with Crippen molar-refractivity contribution in [2.45, 2.75) is 20.0 Å². The highest BCUT2D eigenvalue weighted by atomic mass is 19.1. The SMILES string of the molecule is CC(C)CN(CC(O)c1ccc(F)cc1)C(=O)c1cccc(N)c1. The second-order valence-electron chi connectivity index (χ2n) is 6.30. The topological polar surface area (TPSA) is 66.6 Å². The van der Waals surface area contributed by atoms with E-state index in [0.29, 0.717) is 23.4 Å². The molecule has 1 amide bonds. The summed E-state index contributed by atoms with van der Waals surface area (Å²) in [6.45, 7) is 4.65. The molecule has 2 aromatic rings. The number of carbonyl (C=O) groups is 1. The van der Waals surface area contributed by atoms with E-state index in [2.05, 4.69) is 0 Å². The fraction of sp³-hybridized carbons (Fsp3) is 0.316. The maximum Gasteiger partial charge on any atom is 0.254 e. The van der Waals surface area contributed by atoms with Gasteiger partial charge in [-0.1, -0.05) is 32.0 Å². The molecule has 4 nitrogen and oxygen atoms in total. The molecule has 0 aromatic heterocycles. The second kappa shape index (κ2) is 7.93. The Labute approximate surface area is 141 Å². The van der Waals surface area contributed by atoms with Crippen molar-refractivity contribution < 1.29 is 14.3 Å². The molecule has 0 saturated heterocycles. The van der Waals surface area contributed by atoms with Crippen molar-refractivity contribution in [1.29, 1.82) is 0 Å². The van der Waals surface area contributed by atoms with Crippen molar-refractivity contribution in [2.24, 2.45) is 5.92 Å². The number of hydrogen-bond donors (Lipinski definition) is 2. The minimum absolute atomic E-state index is 0.136. The number of anilines is 1. The summed E-state index contributed by atoms with van der Waals surface area (Å²) in [6, 6.07) is 12.4. The third kappa shape index (κ3) is 4.80. The van der Waals surface area contributed by atoms with Crippen LogP contribution < -0.4 is 5.73 Å². The number of nitrogen functional groups attached to an aromatic ring is 1. The van der Waals surface area contributed by atoms with Crippen molar-refractivity contribution in [3.05, 3.63) is 65.5 Å². The highest BCUT2D eigenvalue weighted by Crippen LogP contribution is 2.18. The molecule has 2 rings (SSSR count). The van der Waals surface area contributed by atoms with Gasteiger partial charge in [0.2, 0.25) is 0 Å². The predicted octanol–water partition coefficient (Wildman–Crippen LogP) is 3.24. The maximum atomic E-state index is 13.0. The van der Waals surface area contributed by atoms with Gasteiger partial charge in [-0.05, 0) is 41.8 Å². The van der Waals surface area contributed by atoms with Crippen LogP contribution in [0.3, 0.4) is 0 Å². The molecular weight excluding hydrogens is 307 g/mol. The second-order valence-corrected chi connectivity index (χ2v) is 6.30. The first-order valence-electron chi connectivity index (χ1n) is 7.95. The Bertz CT molecular complexity index is 686. The van der Waals surface area contributed by atoms with E-state index < -0.39 is 6.10 Å². The van der Waals surface area contributed by atoms with Gasteiger partial charge in [-0.15, -0.1) is 0 Å². The maximum absolute atomic E-state index is 13.0. The molecule has 2 aromatic carbocycles. The van der Waals surface area contributed by atoms with Gasteiger partial charge in [0.1, 0.15) is 5.82 Å². The molecule has 0 aliphatic rings. The summed E-state index contributed by atoms with van der Waals surface area (Å²) < 4.78 is 13.0. The van der Waals surface area contributed by atoms with Crippen molar-refractivity contribution in [2.75, 3.05) is 18.8 Å². The van der Waals surface area contributed by atoms with E-state index in [1.807, 2.05) is 13.8 Å². The van der Waals surface area contributed by atoms with Crippen LogP contribution in [-0.2, 0) is 0 Å². The smallest absolute Gasteiger partial charge is 0.254 e. The van der Waals surface area contributed by atoms with Gasteiger partial charge < -0.3 is 15.7 Å². The summed E-state index contributed by atoms with van der Waals surface area (Å²) in [4.78, 5) is 14.4. The Balaban J connectivity index is 2.18. The number of hydrogen-bond acceptors (Lipinski definition) is 3. The average molecular weight is 330 g/mol. The van der Waals surface area contributed by atoms with Crippen LogP contribution in [0.4, 0.5) is 10.1 Å². The van der Waals surface area contributed by atoms with Gasteiger partial charge >= 0.3 is 0 Å². The number of aliphatic hydroxyl groups excluding tert-OH is 1. The number of rotatable bonds is 6. The van der Waals surface area contributed by atoms with Crippen LogP contribution in [0.2, 0.25) is 0 Å². The molecule has 128 valence electrons. The molecule has 0 bridgehead atoms. The van der Waals surface area contributed by atoms with Crippen LogP contribution in [0.5, 0.6) is 0 Å². The van der Waals surface area contributed by atoms with Crippen molar-refractivity contribution in [3.63, 3.8) is 0 Å². The fourth-order valence-electron chi connectivity index (χ4n) is 2.53. The Morgan fingerprint density at radius 2 is 1.83 bits per heavy atom. The zero-order valence-electron chi connectivity index (χ0n) is 13.9. The first-order valence-corrected chi connectivity index (χ1v) is 7.95. The first-order chi connectivity index (χ1) is 11.4. The van der Waals surface area contributed by atoms with Gasteiger partial charge in [0.05, 0.1) is 12.6 Å². The number of benzene rings is 2. The van der Waals surface area contributed by atoms with Crippen LogP contribution in [0, 0.1) is 11.7 Å². The summed E-state index contributed by atoms with van der Waals surface area (Å²) in [5.74, 6) is -0.298. The number of carbonyl (C=O) groups excluding carboxylic acids is 1. The minimum atomic E-state index is -0.880. The molecule has 0 radical (unpaired) electrons. The third-order valence-electron chi connectivity index (χ3n) is 3.65. The number of aliphatic hydroxyl groups is 1. The van der Waals surface area contributed by atoms with Gasteiger partial charge in [-0.25, -0.2) is 4.39 Å². The Hall–Kier alpha value is -2.40. The van der Waals surface area contributed by atoms with E-state index in [-0.39, 0.29) is 24.2 Å². The normalized spacial score (nSPS) is 12.2. The molecule has 3 N–H and O–H groups in total. The highest BCUT2D eigenvalue weighted by Gasteiger charge is 2.21. The molecule has 5 heteroatoms. The third-order valence-corrected chi connectivity index (χ3v) is 3.65. The molecule has 24 heavy (non-hydrogen) atoms. The summed E-state index contributed by atoms with van der Waals surface area (Å²) >= 11 is 0. The van der Waals surface area contributed by atoms with E-state index in [4.69, 9.17) is 5.73 Å². The Morgan fingerprint density at radius 3 is 2.42 bits per heavy atom. The zero-order chi connectivity index (χ0) is 17.7. The van der Waals surface area contributed by atoms with Crippen LogP contribution >= 0.6 is 0 Å². The standard InChI is InChI=1S/C19H23FN2O2/c1-13(2)11-22(19(24)15-4-3-5-17(21)10-15)12-18(23)14-6-8-16(20)9-7-14/h3-10,13,18,23H,11-12,21H2,1-2H3. The van der Waals surface area contributed by atoms with Crippen molar-refractivity contribution in [3.8, 4) is 0 Å². The van der Waals surface area contributed by atoms with E-state index >= 15 is 0 Å². The molecule has 0 fully saturated rings. The van der Waals surface area contributed by atoms with E-state index in [9.17, 15) is 14.3 Å². The molecular formula is C19H23FN2O2. The molecule has 0 heterocycles. The lowest BCUT2D eigenvalue weighted by atomic mass is 10.1. The summed E-state index contributed by atoms with van der Waals surface area (Å²) in [5.41, 5.74) is 7.33. The Kier molecular flexibility index (Phi) is 5.93. The Morgan fingerprint density at radius 1 is 1.17 bits per heavy atom. The fourth-order valence-corrected chi connectivity index (χ4v) is 2.53. The van der Waals surface area contributed by atoms with Crippen molar-refractivity contribution >= 4 is 11.6 Å². The van der Waals surface area contributed by atoms with E-state index in [1.165, 1.54) is 24.3 Å². The summed E-state index contributed by atoms with van der Waals surface area (Å²) in [6.07, 6.45) is -0.880. The minimum Gasteiger partial charge on any atom is -0.399 e. The van der Waals surface area contributed by atoms with Gasteiger partial charge in [0, 0.05) is 17.8 Å². The number of nitrogens with zero attached hydrogens (tertiary/aromatic N) is 1. The average Bonchev–Trinajstić information content (AvgIpc) is 2.53. The lowest BCUT2D eigenvalue weighted by Gasteiger charge is -2.27. The lowest BCUT2D eigenvalue weighted by Crippen LogP contribution is -2.37. The van der Waals surface area contributed by atoms with Gasteiger partial charge in [0.25, 0.3) is 5.91 Å². The largest absolute Gasteiger partial charge is 0.399 e. The molecule has 1 unspecified atom stereocenters. The van der Waals surface area contributed by atoms with Crippen LogP contribution in [0.25, 0.3) is 0 Å². The van der Waals surface area contributed by atoms with E-state index in [0.717, 1.165) is 0 Å². The monoisotopic (exact) mass is 330 g/mol. The van der Waals surface area contributed by atoms with Crippen LogP contribution in [0.15, 0.2) is 48.5 Å². The van der Waals surface area contributed by atoms with Crippen LogP contribution in [-0.4, -0.2) is 29.0 Å². The number of nitrogens with two attached hydrogens (primary N) is 1. The van der Waals surface area contributed by atoms with Gasteiger partial charge in [0.15, 0.2) is 0 Å². The van der Waals surface area contributed by atoms with E-state index in [1.54, 1.807) is 29.2 Å². The molecule has 0 saturated carbocycles. The molecule has 0 aliphatic heterocycles. The highest BCUT2D eigenvalue weighted by molar-refractivity contribution is 5.95. The molecule has 0 spiro atoms. The lowest BCUT2D eigenvalue weighted by molar-refractivity contribution is 0.0594. The van der Waals surface area contributed by atoms with Gasteiger partial charge in [-0.3, -0.25) is 4.79 Å². The number of amides is 1. The molecule has 1 atom stereocenters. The van der Waals surface area contributed by atoms with Crippen LogP contribution in [0.1, 0.15) is 35.9 Å². The summed E-state index contributed by atoms with van der Waals surface area (Å²) in [5, 5.41) is 10.4. The quantitative estimate of drug-likeness (QED) is 0.799. The summed E-state index contributed by atoms with van der Waals surface area (Å²) in [7, 11) is 0. The molecule has 0 aliphatic carbocycles. The first kappa shape index (κ1) is 17.9. The predicted molar refractivity (Wildman–Crippen MR) is 93.0 cm³/mol. The number of halogens is 1. The zero-order valence-corrected chi connectivity index (χ0v) is 13.9.